The van der Waals surface area contributed by atoms with Crippen molar-refractivity contribution in [2.24, 2.45) is 0 Å². The van der Waals surface area contributed by atoms with Gasteiger partial charge in [0.05, 0.1) is 10.9 Å². The van der Waals surface area contributed by atoms with Crippen molar-refractivity contribution in [2.75, 3.05) is 6.54 Å². The van der Waals surface area contributed by atoms with Gasteiger partial charge in [-0.1, -0.05) is 13.3 Å². The van der Waals surface area contributed by atoms with Crippen molar-refractivity contribution >= 4 is 11.3 Å². The van der Waals surface area contributed by atoms with Crippen LogP contribution in [-0.4, -0.2) is 21.3 Å². The molecule has 0 fully saturated rings. The van der Waals surface area contributed by atoms with Crippen LogP contribution in [-0.2, 0) is 6.54 Å². The number of nitrogens with zero attached hydrogens (tertiary/aromatic N) is 3. The Labute approximate surface area is 117 Å². The van der Waals surface area contributed by atoms with Crippen LogP contribution in [0.2, 0.25) is 0 Å². The van der Waals surface area contributed by atoms with Crippen molar-refractivity contribution in [3.05, 3.63) is 22.3 Å². The van der Waals surface area contributed by atoms with Gasteiger partial charge in [0, 0.05) is 18.0 Å². The van der Waals surface area contributed by atoms with E-state index in [1.165, 1.54) is 15.3 Å². The van der Waals surface area contributed by atoms with Crippen molar-refractivity contribution in [1.82, 2.24) is 20.1 Å². The maximum Gasteiger partial charge on any atom is 0.174 e. The van der Waals surface area contributed by atoms with Gasteiger partial charge in [-0.25, -0.2) is 0 Å². The average Bonchev–Trinajstić information content (AvgIpc) is 2.95. The highest BCUT2D eigenvalue weighted by atomic mass is 32.1. The van der Waals surface area contributed by atoms with E-state index in [1.54, 1.807) is 0 Å². The first-order valence-corrected chi connectivity index (χ1v) is 7.76. The van der Waals surface area contributed by atoms with Gasteiger partial charge in [0.15, 0.2) is 11.6 Å². The van der Waals surface area contributed by atoms with Crippen LogP contribution in [0.15, 0.2) is 6.07 Å². The highest BCUT2D eigenvalue weighted by molar-refractivity contribution is 7.15. The summed E-state index contributed by atoms with van der Waals surface area (Å²) in [5.41, 5.74) is 1.34. The summed E-state index contributed by atoms with van der Waals surface area (Å²) in [5, 5.41) is 12.4. The van der Waals surface area contributed by atoms with Crippen LogP contribution >= 0.6 is 11.3 Å². The van der Waals surface area contributed by atoms with E-state index in [1.807, 2.05) is 11.3 Å². The Kier molecular flexibility index (Phi) is 3.41. The Balaban J connectivity index is 2.00. The maximum atomic E-state index is 4.44. The molecule has 4 nitrogen and oxygen atoms in total. The molecule has 3 rings (SSSR count). The van der Waals surface area contributed by atoms with Gasteiger partial charge in [-0.2, -0.15) is 0 Å². The number of nitrogens with one attached hydrogen (secondary N) is 1. The van der Waals surface area contributed by atoms with Gasteiger partial charge in [0.1, 0.15) is 0 Å². The third-order valence-electron chi connectivity index (χ3n) is 3.78. The topological polar surface area (TPSA) is 42.7 Å². The van der Waals surface area contributed by atoms with Crippen LogP contribution in [0.25, 0.3) is 10.7 Å². The van der Waals surface area contributed by atoms with Crippen LogP contribution in [0.4, 0.5) is 0 Å². The summed E-state index contributed by atoms with van der Waals surface area (Å²) in [5.74, 6) is 2.14. The van der Waals surface area contributed by atoms with Gasteiger partial charge in [0.25, 0.3) is 0 Å². The Bertz CT molecular complexity index is 565. The molecule has 3 heterocycles. The molecule has 0 saturated carbocycles. The van der Waals surface area contributed by atoms with E-state index in [0.29, 0.717) is 6.04 Å². The lowest BCUT2D eigenvalue weighted by atomic mass is 10.1. The molecular weight excluding hydrogens is 256 g/mol. The zero-order valence-corrected chi connectivity index (χ0v) is 12.5. The molecule has 0 bridgehead atoms. The summed E-state index contributed by atoms with van der Waals surface area (Å²) in [6.07, 6.45) is 2.29. The number of aryl methyl sites for hydroxylation is 2. The molecule has 0 aromatic carbocycles. The number of hydrogen-bond donors (Lipinski definition) is 1. The van der Waals surface area contributed by atoms with Crippen molar-refractivity contribution in [2.45, 2.75) is 46.2 Å². The zero-order valence-electron chi connectivity index (χ0n) is 11.7. The summed E-state index contributed by atoms with van der Waals surface area (Å²) in [4.78, 5) is 2.61. The van der Waals surface area contributed by atoms with Crippen molar-refractivity contribution in [3.63, 3.8) is 0 Å². The van der Waals surface area contributed by atoms with Gasteiger partial charge in [-0.05, 0) is 31.9 Å². The second kappa shape index (κ2) is 5.06. The fourth-order valence-corrected chi connectivity index (χ4v) is 3.65. The minimum atomic E-state index is 0.363. The number of fused-ring (bicyclic) bond motifs is 1. The van der Waals surface area contributed by atoms with E-state index in [-0.39, 0.29) is 0 Å². The van der Waals surface area contributed by atoms with E-state index < -0.39 is 0 Å². The van der Waals surface area contributed by atoms with Crippen LogP contribution in [0.5, 0.6) is 0 Å². The van der Waals surface area contributed by atoms with E-state index in [4.69, 9.17) is 0 Å². The second-order valence-electron chi connectivity index (χ2n) is 5.18. The monoisotopic (exact) mass is 276 g/mol. The first-order chi connectivity index (χ1) is 9.20. The van der Waals surface area contributed by atoms with E-state index in [0.717, 1.165) is 37.6 Å². The number of rotatable bonds is 3. The van der Waals surface area contributed by atoms with Crippen LogP contribution in [0, 0.1) is 13.8 Å². The van der Waals surface area contributed by atoms with Crippen LogP contribution in [0.3, 0.4) is 0 Å². The summed E-state index contributed by atoms with van der Waals surface area (Å²) >= 11 is 1.82. The Morgan fingerprint density at radius 2 is 2.26 bits per heavy atom. The molecule has 5 heteroatoms. The minimum absolute atomic E-state index is 0.363. The maximum absolute atomic E-state index is 4.44. The first-order valence-electron chi connectivity index (χ1n) is 6.94. The predicted molar refractivity (Wildman–Crippen MR) is 78.5 cm³/mol. The van der Waals surface area contributed by atoms with Crippen molar-refractivity contribution in [1.29, 1.82) is 0 Å². The SMILES string of the molecule is CCCC1NCCn2c(-c3cc(C)c(C)s3)nnc21. The van der Waals surface area contributed by atoms with Crippen molar-refractivity contribution in [3.8, 4) is 10.7 Å². The van der Waals surface area contributed by atoms with E-state index in [9.17, 15) is 0 Å². The predicted octanol–water partition coefficient (Wildman–Crippen LogP) is 3.07. The van der Waals surface area contributed by atoms with Crippen LogP contribution in [0.1, 0.15) is 42.1 Å². The molecule has 1 aliphatic rings. The standard InChI is InChI=1S/C14H20N4S/c1-4-5-11-13-16-17-14(18(13)7-6-15-11)12-8-9(2)10(3)19-12/h8,11,15H,4-7H2,1-3H3. The lowest BCUT2D eigenvalue weighted by molar-refractivity contribution is 0.394. The molecule has 102 valence electrons. The number of hydrogen-bond acceptors (Lipinski definition) is 4. The molecular formula is C14H20N4S. The molecule has 1 aliphatic heterocycles. The van der Waals surface area contributed by atoms with Crippen LogP contribution < -0.4 is 5.32 Å². The fourth-order valence-electron chi connectivity index (χ4n) is 2.62. The van der Waals surface area contributed by atoms with Gasteiger partial charge in [-0.15, -0.1) is 21.5 Å². The lowest BCUT2D eigenvalue weighted by Crippen LogP contribution is -2.33. The highest BCUT2D eigenvalue weighted by Crippen LogP contribution is 2.32. The average molecular weight is 276 g/mol. The molecule has 19 heavy (non-hydrogen) atoms. The summed E-state index contributed by atoms with van der Waals surface area (Å²) in [6, 6.07) is 2.59. The Morgan fingerprint density at radius 3 is 2.95 bits per heavy atom. The molecule has 0 radical (unpaired) electrons. The zero-order chi connectivity index (χ0) is 13.4. The molecule has 0 saturated heterocycles. The number of thiophene rings is 1. The lowest BCUT2D eigenvalue weighted by Gasteiger charge is -2.24. The Morgan fingerprint density at radius 1 is 1.42 bits per heavy atom. The molecule has 2 aromatic rings. The quantitative estimate of drug-likeness (QED) is 0.937. The molecule has 1 atom stereocenters. The van der Waals surface area contributed by atoms with Gasteiger partial charge >= 0.3 is 0 Å². The molecule has 1 unspecified atom stereocenters. The minimum Gasteiger partial charge on any atom is -0.308 e. The van der Waals surface area contributed by atoms with Crippen molar-refractivity contribution < 1.29 is 0 Å². The summed E-state index contributed by atoms with van der Waals surface area (Å²) in [6.45, 7) is 8.51. The third kappa shape index (κ3) is 2.21. The smallest absolute Gasteiger partial charge is 0.174 e. The normalized spacial score (nSPS) is 18.6. The van der Waals surface area contributed by atoms with Gasteiger partial charge in [-0.3, -0.25) is 0 Å². The summed E-state index contributed by atoms with van der Waals surface area (Å²) < 4.78 is 2.29. The van der Waals surface area contributed by atoms with Gasteiger partial charge in [0.2, 0.25) is 0 Å². The van der Waals surface area contributed by atoms with Gasteiger partial charge < -0.3 is 9.88 Å². The Hall–Kier alpha value is -1.20. The molecule has 0 aliphatic carbocycles. The molecule has 0 amide bonds. The molecule has 0 spiro atoms. The first kappa shape index (κ1) is 12.8. The fraction of sp³-hybridized carbons (Fsp3) is 0.571. The molecule has 2 aromatic heterocycles. The number of aromatic nitrogens is 3. The summed E-state index contributed by atoms with van der Waals surface area (Å²) in [7, 11) is 0. The van der Waals surface area contributed by atoms with E-state index in [2.05, 4.69) is 46.9 Å². The van der Waals surface area contributed by atoms with E-state index >= 15 is 0 Å². The third-order valence-corrected chi connectivity index (χ3v) is 4.93. The largest absolute Gasteiger partial charge is 0.308 e. The molecule has 1 N–H and O–H groups in total. The second-order valence-corrected chi connectivity index (χ2v) is 6.44. The highest BCUT2D eigenvalue weighted by Gasteiger charge is 2.25.